The molecule has 1 unspecified atom stereocenters. The molecule has 1 aromatic carbocycles. The lowest BCUT2D eigenvalue weighted by molar-refractivity contribution is 0.239. The molecule has 5 heteroatoms. The van der Waals surface area contributed by atoms with Crippen LogP contribution in [-0.2, 0) is 19.4 Å². The third-order valence-corrected chi connectivity index (χ3v) is 3.00. The highest BCUT2D eigenvalue weighted by Gasteiger charge is 2.11. The maximum Gasteiger partial charge on any atom is 0.264 e. The molecule has 1 atom stereocenters. The number of benzene rings is 1. The molecule has 2 rings (SSSR count). The third-order valence-electron chi connectivity index (χ3n) is 3.00. The van der Waals surface area contributed by atoms with E-state index in [0.717, 1.165) is 29.7 Å². The first-order chi connectivity index (χ1) is 9.60. The summed E-state index contributed by atoms with van der Waals surface area (Å²) < 4.78 is 11.0. The molecule has 5 nitrogen and oxygen atoms in total. The Labute approximate surface area is 119 Å². The van der Waals surface area contributed by atoms with Crippen molar-refractivity contribution in [3.8, 4) is 5.75 Å². The Hall–Kier alpha value is -1.88. The van der Waals surface area contributed by atoms with Crippen molar-refractivity contribution >= 4 is 0 Å². The largest absolute Gasteiger partial charge is 0.483 e. The maximum atomic E-state index is 5.88. The van der Waals surface area contributed by atoms with Gasteiger partial charge in [0.25, 0.3) is 5.89 Å². The molecule has 0 radical (unpaired) electrons. The van der Waals surface area contributed by atoms with Gasteiger partial charge in [-0.15, -0.1) is 0 Å². The van der Waals surface area contributed by atoms with Crippen LogP contribution in [0, 0.1) is 6.92 Å². The van der Waals surface area contributed by atoms with Crippen LogP contribution in [0.4, 0.5) is 0 Å². The topological polar surface area (TPSA) is 74.2 Å². The maximum absolute atomic E-state index is 5.88. The molecule has 2 N–H and O–H groups in total. The van der Waals surface area contributed by atoms with Gasteiger partial charge in [-0.3, -0.25) is 0 Å². The number of para-hydroxylation sites is 1. The van der Waals surface area contributed by atoms with Gasteiger partial charge < -0.3 is 15.0 Å². The number of aryl methyl sites for hydroxylation is 2. The van der Waals surface area contributed by atoms with Crippen molar-refractivity contribution in [2.24, 2.45) is 5.73 Å². The molecule has 0 spiro atoms. The van der Waals surface area contributed by atoms with E-state index in [1.54, 1.807) is 0 Å². The minimum atomic E-state index is 0.0919. The molecule has 1 heterocycles. The Bertz CT molecular complexity index is 564. The van der Waals surface area contributed by atoms with Crippen LogP contribution in [-0.4, -0.2) is 16.2 Å². The molecule has 108 valence electrons. The highest BCUT2D eigenvalue weighted by atomic mass is 16.5. The highest BCUT2D eigenvalue weighted by molar-refractivity contribution is 5.41. The Morgan fingerprint density at radius 1 is 1.40 bits per heavy atom. The smallest absolute Gasteiger partial charge is 0.264 e. The quantitative estimate of drug-likeness (QED) is 0.876. The van der Waals surface area contributed by atoms with Crippen LogP contribution >= 0.6 is 0 Å². The molecule has 2 aromatic rings. The fraction of sp³-hybridized carbons (Fsp3) is 0.467. The van der Waals surface area contributed by atoms with E-state index in [9.17, 15) is 0 Å². The number of nitrogens with zero attached hydrogens (tertiary/aromatic N) is 2. The summed E-state index contributed by atoms with van der Waals surface area (Å²) in [5, 5.41) is 3.85. The third kappa shape index (κ3) is 3.57. The number of ether oxygens (including phenoxy) is 1. The minimum Gasteiger partial charge on any atom is -0.483 e. The van der Waals surface area contributed by atoms with Crippen LogP contribution in [0.25, 0.3) is 0 Å². The zero-order valence-corrected chi connectivity index (χ0v) is 12.2. The number of aromatic nitrogens is 2. The van der Waals surface area contributed by atoms with Gasteiger partial charge in [0.05, 0.1) is 0 Å². The first-order valence-electron chi connectivity index (χ1n) is 6.88. The lowest BCUT2D eigenvalue weighted by atomic mass is 10.0. The SMILES string of the molecule is CCc1noc(COc2c(C)cccc2CC(C)N)n1. The van der Waals surface area contributed by atoms with Gasteiger partial charge in [-0.05, 0) is 31.4 Å². The number of hydrogen-bond acceptors (Lipinski definition) is 5. The fourth-order valence-electron chi connectivity index (χ4n) is 2.05. The first kappa shape index (κ1) is 14.5. The van der Waals surface area contributed by atoms with Gasteiger partial charge >= 0.3 is 0 Å². The van der Waals surface area contributed by atoms with E-state index in [-0.39, 0.29) is 12.6 Å². The van der Waals surface area contributed by atoms with E-state index in [1.165, 1.54) is 0 Å². The second-order valence-corrected chi connectivity index (χ2v) is 4.99. The lowest BCUT2D eigenvalue weighted by Crippen LogP contribution is -2.18. The molecule has 0 amide bonds. The van der Waals surface area contributed by atoms with Gasteiger partial charge in [-0.25, -0.2) is 0 Å². The second kappa shape index (κ2) is 6.52. The molecule has 0 bridgehead atoms. The van der Waals surface area contributed by atoms with Crippen molar-refractivity contribution in [2.75, 3.05) is 0 Å². The van der Waals surface area contributed by atoms with Crippen molar-refractivity contribution in [2.45, 2.75) is 46.3 Å². The van der Waals surface area contributed by atoms with Crippen molar-refractivity contribution < 1.29 is 9.26 Å². The average Bonchev–Trinajstić information content (AvgIpc) is 2.85. The summed E-state index contributed by atoms with van der Waals surface area (Å²) in [5.41, 5.74) is 8.06. The molecule has 0 saturated carbocycles. The van der Waals surface area contributed by atoms with E-state index in [0.29, 0.717) is 11.7 Å². The zero-order valence-electron chi connectivity index (χ0n) is 12.2. The van der Waals surface area contributed by atoms with Gasteiger partial charge in [0.2, 0.25) is 0 Å². The molecular weight excluding hydrogens is 254 g/mol. The lowest BCUT2D eigenvalue weighted by Gasteiger charge is -2.14. The second-order valence-electron chi connectivity index (χ2n) is 4.99. The van der Waals surface area contributed by atoms with E-state index in [1.807, 2.05) is 39.0 Å². The van der Waals surface area contributed by atoms with Crippen LogP contribution in [0.3, 0.4) is 0 Å². The van der Waals surface area contributed by atoms with Crippen molar-refractivity contribution in [1.29, 1.82) is 0 Å². The van der Waals surface area contributed by atoms with E-state index < -0.39 is 0 Å². The summed E-state index contributed by atoms with van der Waals surface area (Å²) in [6.45, 7) is 6.27. The number of rotatable bonds is 6. The predicted molar refractivity (Wildman–Crippen MR) is 76.5 cm³/mol. The van der Waals surface area contributed by atoms with Crippen LogP contribution < -0.4 is 10.5 Å². The van der Waals surface area contributed by atoms with Crippen molar-refractivity contribution in [1.82, 2.24) is 10.1 Å². The van der Waals surface area contributed by atoms with Crippen LogP contribution in [0.15, 0.2) is 22.7 Å². The Morgan fingerprint density at radius 2 is 2.20 bits per heavy atom. The van der Waals surface area contributed by atoms with Crippen molar-refractivity contribution in [3.05, 3.63) is 41.0 Å². The highest BCUT2D eigenvalue weighted by Crippen LogP contribution is 2.25. The summed E-state index contributed by atoms with van der Waals surface area (Å²) in [6.07, 6.45) is 1.53. The minimum absolute atomic E-state index is 0.0919. The standard InChI is InChI=1S/C15H21N3O2/c1-4-13-17-14(20-18-13)9-19-15-10(2)6-5-7-12(15)8-11(3)16/h5-7,11H,4,8-9,16H2,1-3H3. The molecule has 0 saturated heterocycles. The van der Waals surface area contributed by atoms with Gasteiger partial charge in [0.15, 0.2) is 12.4 Å². The first-order valence-corrected chi connectivity index (χ1v) is 6.88. The molecule has 1 aromatic heterocycles. The normalized spacial score (nSPS) is 12.4. The van der Waals surface area contributed by atoms with Crippen LogP contribution in [0.2, 0.25) is 0 Å². The Balaban J connectivity index is 2.11. The predicted octanol–water partition coefficient (Wildman–Crippen LogP) is 2.41. The summed E-state index contributed by atoms with van der Waals surface area (Å²) in [7, 11) is 0. The zero-order chi connectivity index (χ0) is 14.5. The number of nitrogens with two attached hydrogens (primary N) is 1. The summed E-state index contributed by atoms with van der Waals surface area (Å²) in [6, 6.07) is 6.17. The van der Waals surface area contributed by atoms with E-state index in [4.69, 9.17) is 15.0 Å². The van der Waals surface area contributed by atoms with Gasteiger partial charge in [-0.1, -0.05) is 30.3 Å². The van der Waals surface area contributed by atoms with Gasteiger partial charge in [0, 0.05) is 12.5 Å². The molecule has 0 aliphatic carbocycles. The molecule has 20 heavy (non-hydrogen) atoms. The van der Waals surface area contributed by atoms with E-state index >= 15 is 0 Å². The summed E-state index contributed by atoms with van der Waals surface area (Å²) in [5.74, 6) is 2.06. The van der Waals surface area contributed by atoms with Crippen LogP contribution in [0.5, 0.6) is 5.75 Å². The fourth-order valence-corrected chi connectivity index (χ4v) is 2.05. The average molecular weight is 275 g/mol. The molecule has 0 aliphatic heterocycles. The molecular formula is C15H21N3O2. The van der Waals surface area contributed by atoms with Gasteiger partial charge in [0.1, 0.15) is 5.75 Å². The van der Waals surface area contributed by atoms with E-state index in [2.05, 4.69) is 10.1 Å². The molecule has 0 fully saturated rings. The summed E-state index contributed by atoms with van der Waals surface area (Å²) in [4.78, 5) is 4.24. The molecule has 0 aliphatic rings. The van der Waals surface area contributed by atoms with Crippen LogP contribution in [0.1, 0.15) is 36.7 Å². The summed E-state index contributed by atoms with van der Waals surface area (Å²) >= 11 is 0. The Kier molecular flexibility index (Phi) is 4.74. The van der Waals surface area contributed by atoms with Gasteiger partial charge in [-0.2, -0.15) is 4.98 Å². The number of hydrogen-bond donors (Lipinski definition) is 1. The van der Waals surface area contributed by atoms with Crippen molar-refractivity contribution in [3.63, 3.8) is 0 Å². The monoisotopic (exact) mass is 275 g/mol. The Morgan fingerprint density at radius 3 is 2.85 bits per heavy atom.